The van der Waals surface area contributed by atoms with Gasteiger partial charge in [0, 0.05) is 17.9 Å². The summed E-state index contributed by atoms with van der Waals surface area (Å²) in [5.74, 6) is 0.343. The van der Waals surface area contributed by atoms with Crippen molar-refractivity contribution < 1.29 is 9.18 Å². The Bertz CT molecular complexity index is 959. The van der Waals surface area contributed by atoms with Crippen LogP contribution in [0.2, 0.25) is 0 Å². The summed E-state index contributed by atoms with van der Waals surface area (Å²) in [6.07, 6.45) is 2.03. The van der Waals surface area contributed by atoms with E-state index in [1.807, 2.05) is 35.9 Å². The van der Waals surface area contributed by atoms with Gasteiger partial charge in [-0.2, -0.15) is 16.8 Å². The molecule has 24 heavy (non-hydrogen) atoms. The van der Waals surface area contributed by atoms with Crippen molar-refractivity contribution in [3.8, 4) is 0 Å². The maximum atomic E-state index is 13.5. The summed E-state index contributed by atoms with van der Waals surface area (Å²) in [6.45, 7) is 2.67. The fourth-order valence-electron chi connectivity index (χ4n) is 2.46. The van der Waals surface area contributed by atoms with Crippen molar-refractivity contribution in [2.24, 2.45) is 4.99 Å². The molecule has 0 N–H and O–H groups in total. The number of aromatic nitrogens is 1. The van der Waals surface area contributed by atoms with Crippen LogP contribution in [0.25, 0.3) is 10.2 Å². The average Bonchev–Trinajstić information content (AvgIpc) is 2.89. The second kappa shape index (κ2) is 7.32. The maximum absolute atomic E-state index is 13.5. The van der Waals surface area contributed by atoms with Crippen LogP contribution in [-0.4, -0.2) is 22.5 Å². The number of hydrogen-bond donors (Lipinski definition) is 0. The van der Waals surface area contributed by atoms with Crippen molar-refractivity contribution >= 4 is 39.2 Å². The van der Waals surface area contributed by atoms with Crippen molar-refractivity contribution in [3.63, 3.8) is 0 Å². The van der Waals surface area contributed by atoms with Gasteiger partial charge in [-0.3, -0.25) is 4.79 Å². The molecule has 3 rings (SSSR count). The van der Waals surface area contributed by atoms with Crippen molar-refractivity contribution in [2.75, 3.05) is 12.0 Å². The zero-order chi connectivity index (χ0) is 17.1. The Labute approximate surface area is 147 Å². The zero-order valence-electron chi connectivity index (χ0n) is 13.5. The minimum Gasteiger partial charge on any atom is -0.316 e. The van der Waals surface area contributed by atoms with E-state index in [4.69, 9.17) is 0 Å². The molecule has 1 heterocycles. The Balaban J connectivity index is 2.11. The summed E-state index contributed by atoms with van der Waals surface area (Å²) in [5, 5.41) is 0. The maximum Gasteiger partial charge on any atom is 0.279 e. The predicted octanol–water partition coefficient (Wildman–Crippen LogP) is 4.25. The van der Waals surface area contributed by atoms with Crippen LogP contribution in [0.5, 0.6) is 0 Å². The molecule has 0 fully saturated rings. The van der Waals surface area contributed by atoms with Gasteiger partial charge in [-0.25, -0.2) is 4.39 Å². The van der Waals surface area contributed by atoms with Crippen LogP contribution in [0.15, 0.2) is 47.5 Å². The van der Waals surface area contributed by atoms with Gasteiger partial charge in [-0.1, -0.05) is 29.0 Å². The van der Waals surface area contributed by atoms with Gasteiger partial charge in [0.15, 0.2) is 4.80 Å². The smallest absolute Gasteiger partial charge is 0.279 e. The first-order valence-corrected chi connectivity index (χ1v) is 9.73. The van der Waals surface area contributed by atoms with Gasteiger partial charge in [0.2, 0.25) is 0 Å². The quantitative estimate of drug-likeness (QED) is 0.697. The number of aryl methyl sites for hydroxylation is 2. The van der Waals surface area contributed by atoms with Gasteiger partial charge < -0.3 is 4.57 Å². The standard InChI is InChI=1S/C18H17FN2OS2/c1-12-4-3-5-13(10-12)17(22)20-18-21(8-9-23-2)15-7-6-14(19)11-16(15)24-18/h3-7,10-11H,8-9H2,1-2H3. The van der Waals surface area contributed by atoms with Gasteiger partial charge >= 0.3 is 0 Å². The number of rotatable bonds is 4. The lowest BCUT2D eigenvalue weighted by molar-refractivity contribution is 0.0998. The molecule has 0 atom stereocenters. The van der Waals surface area contributed by atoms with Gasteiger partial charge in [0.25, 0.3) is 5.91 Å². The summed E-state index contributed by atoms with van der Waals surface area (Å²) in [6, 6.07) is 12.1. The van der Waals surface area contributed by atoms with Crippen LogP contribution < -0.4 is 4.80 Å². The highest BCUT2D eigenvalue weighted by Crippen LogP contribution is 2.19. The number of carbonyl (C=O) groups is 1. The molecule has 3 aromatic rings. The molecule has 0 saturated heterocycles. The molecule has 0 aliphatic carbocycles. The highest BCUT2D eigenvalue weighted by Gasteiger charge is 2.10. The summed E-state index contributed by atoms with van der Waals surface area (Å²) < 4.78 is 16.3. The molecule has 0 spiro atoms. The van der Waals surface area contributed by atoms with Crippen LogP contribution >= 0.6 is 23.1 Å². The number of benzene rings is 2. The van der Waals surface area contributed by atoms with Gasteiger partial charge in [0.05, 0.1) is 10.2 Å². The van der Waals surface area contributed by atoms with E-state index in [2.05, 4.69) is 4.99 Å². The third-order valence-electron chi connectivity index (χ3n) is 3.63. The number of thioether (sulfide) groups is 1. The molecule has 0 bridgehead atoms. The van der Waals surface area contributed by atoms with Crippen LogP contribution in [0, 0.1) is 12.7 Å². The van der Waals surface area contributed by atoms with E-state index in [9.17, 15) is 9.18 Å². The lowest BCUT2D eigenvalue weighted by Crippen LogP contribution is -2.18. The SMILES string of the molecule is CSCCn1c(=NC(=O)c2cccc(C)c2)sc2cc(F)ccc21. The highest BCUT2D eigenvalue weighted by molar-refractivity contribution is 7.98. The topological polar surface area (TPSA) is 34.4 Å². The number of nitrogens with zero attached hydrogens (tertiary/aromatic N) is 2. The van der Waals surface area contributed by atoms with Crippen molar-refractivity contribution in [2.45, 2.75) is 13.5 Å². The number of fused-ring (bicyclic) bond motifs is 1. The first-order chi connectivity index (χ1) is 11.6. The molecular formula is C18H17FN2OS2. The van der Waals surface area contributed by atoms with Crippen LogP contribution in [-0.2, 0) is 6.54 Å². The van der Waals surface area contributed by atoms with Crippen molar-refractivity contribution in [3.05, 3.63) is 64.2 Å². The number of carbonyl (C=O) groups excluding carboxylic acids is 1. The van der Waals surface area contributed by atoms with E-state index in [1.165, 1.54) is 23.5 Å². The normalized spacial score (nSPS) is 12.0. The number of hydrogen-bond acceptors (Lipinski definition) is 3. The van der Waals surface area contributed by atoms with E-state index in [0.717, 1.165) is 28.1 Å². The number of thiazole rings is 1. The Morgan fingerprint density at radius 1 is 1.29 bits per heavy atom. The van der Waals surface area contributed by atoms with Crippen molar-refractivity contribution in [1.82, 2.24) is 4.57 Å². The molecule has 0 aliphatic rings. The first-order valence-electron chi connectivity index (χ1n) is 7.52. The van der Waals surface area contributed by atoms with E-state index in [1.54, 1.807) is 23.9 Å². The molecular weight excluding hydrogens is 343 g/mol. The molecule has 1 amide bonds. The van der Waals surface area contributed by atoms with Gasteiger partial charge in [0.1, 0.15) is 5.82 Å². The number of halogens is 1. The van der Waals surface area contributed by atoms with Gasteiger partial charge in [-0.05, 0) is 43.5 Å². The minimum atomic E-state index is -0.280. The summed E-state index contributed by atoms with van der Waals surface area (Å²) >= 11 is 3.06. The van der Waals surface area contributed by atoms with E-state index in [-0.39, 0.29) is 11.7 Å². The Morgan fingerprint density at radius 3 is 2.88 bits per heavy atom. The van der Waals surface area contributed by atoms with E-state index >= 15 is 0 Å². The van der Waals surface area contributed by atoms with E-state index < -0.39 is 0 Å². The molecule has 0 unspecified atom stereocenters. The lowest BCUT2D eigenvalue weighted by Gasteiger charge is -2.03. The Hall–Kier alpha value is -1.92. The third kappa shape index (κ3) is 3.60. The van der Waals surface area contributed by atoms with Crippen molar-refractivity contribution in [1.29, 1.82) is 0 Å². The van der Waals surface area contributed by atoms with Gasteiger partial charge in [-0.15, -0.1) is 0 Å². The van der Waals surface area contributed by atoms with Crippen LogP contribution in [0.3, 0.4) is 0 Å². The fraction of sp³-hybridized carbons (Fsp3) is 0.222. The number of amides is 1. The monoisotopic (exact) mass is 360 g/mol. The zero-order valence-corrected chi connectivity index (χ0v) is 15.1. The Morgan fingerprint density at radius 2 is 2.12 bits per heavy atom. The molecule has 0 saturated carbocycles. The molecule has 0 radical (unpaired) electrons. The van der Waals surface area contributed by atoms with Crippen LogP contribution in [0.4, 0.5) is 4.39 Å². The van der Waals surface area contributed by atoms with Crippen LogP contribution in [0.1, 0.15) is 15.9 Å². The summed E-state index contributed by atoms with van der Waals surface area (Å²) in [5.41, 5.74) is 2.49. The summed E-state index contributed by atoms with van der Waals surface area (Å²) in [7, 11) is 0. The third-order valence-corrected chi connectivity index (χ3v) is 5.26. The molecule has 2 aromatic carbocycles. The minimum absolute atomic E-state index is 0.274. The average molecular weight is 360 g/mol. The second-order valence-corrected chi connectivity index (χ2v) is 7.42. The predicted molar refractivity (Wildman–Crippen MR) is 99.2 cm³/mol. The molecule has 0 aliphatic heterocycles. The molecule has 6 heteroatoms. The molecule has 124 valence electrons. The second-order valence-electron chi connectivity index (χ2n) is 5.43. The van der Waals surface area contributed by atoms with E-state index in [0.29, 0.717) is 10.4 Å². The largest absolute Gasteiger partial charge is 0.316 e. The molecule has 3 nitrogen and oxygen atoms in total. The highest BCUT2D eigenvalue weighted by atomic mass is 32.2. The molecule has 1 aromatic heterocycles. The lowest BCUT2D eigenvalue weighted by atomic mass is 10.1. The first kappa shape index (κ1) is 16.9. The Kier molecular flexibility index (Phi) is 5.16. The summed E-state index contributed by atoms with van der Waals surface area (Å²) in [4.78, 5) is 17.4. The fourth-order valence-corrected chi connectivity index (χ4v) is 3.91.